The van der Waals surface area contributed by atoms with E-state index in [2.05, 4.69) is 30.4 Å². The summed E-state index contributed by atoms with van der Waals surface area (Å²) in [5, 5.41) is 21.1. The zero-order valence-electron chi connectivity index (χ0n) is 33.8. The summed E-state index contributed by atoms with van der Waals surface area (Å²) in [6.07, 6.45) is 1.39. The van der Waals surface area contributed by atoms with Crippen molar-refractivity contribution >= 4 is 55.3 Å². The lowest BCUT2D eigenvalue weighted by molar-refractivity contribution is 0.0573. The van der Waals surface area contributed by atoms with Crippen molar-refractivity contribution in [3.8, 4) is 23.3 Å². The fraction of sp³-hybridized carbons (Fsp3) is 0.463. The number of hydrogen-bond acceptors (Lipinski definition) is 14. The molecular formula is C41H42F3N9O6S. The first-order valence-electron chi connectivity index (χ1n) is 19.4. The highest BCUT2D eigenvalue weighted by molar-refractivity contribution is 7.23. The van der Waals surface area contributed by atoms with Crippen molar-refractivity contribution in [2.75, 3.05) is 29.9 Å². The van der Waals surface area contributed by atoms with E-state index < -0.39 is 46.7 Å². The van der Waals surface area contributed by atoms with E-state index in [0.29, 0.717) is 29.8 Å². The maximum atomic E-state index is 17.9. The third-order valence-electron chi connectivity index (χ3n) is 10.4. The highest BCUT2D eigenvalue weighted by Crippen LogP contribution is 2.48. The molecule has 0 bridgehead atoms. The number of ether oxygens (including phenoxy) is 4. The molecule has 0 spiro atoms. The summed E-state index contributed by atoms with van der Waals surface area (Å²) in [5.41, 5.74) is -2.12. The van der Waals surface area contributed by atoms with E-state index in [1.165, 1.54) is 11.1 Å². The summed E-state index contributed by atoms with van der Waals surface area (Å²) in [5.74, 6) is -1.83. The minimum Gasteiger partial charge on any atom is -0.461 e. The average molecular weight is 846 g/mol. The van der Waals surface area contributed by atoms with Crippen molar-refractivity contribution in [3.63, 3.8) is 0 Å². The number of hydrogen-bond donors (Lipinski definition) is 1. The first kappa shape index (κ1) is 41.0. The topological polar surface area (TPSA) is 178 Å². The van der Waals surface area contributed by atoms with Gasteiger partial charge in [0.25, 0.3) is 0 Å². The molecule has 1 aromatic carbocycles. The minimum absolute atomic E-state index is 0.00844. The molecule has 1 N–H and O–H groups in total. The highest BCUT2D eigenvalue weighted by atomic mass is 32.1. The van der Waals surface area contributed by atoms with Crippen LogP contribution in [0, 0.1) is 23.0 Å². The van der Waals surface area contributed by atoms with Crippen LogP contribution in [0.2, 0.25) is 0 Å². The van der Waals surface area contributed by atoms with Crippen molar-refractivity contribution in [1.82, 2.24) is 30.0 Å². The van der Waals surface area contributed by atoms with E-state index in [0.717, 1.165) is 24.0 Å². The predicted octanol–water partition coefficient (Wildman–Crippen LogP) is 8.12. The van der Waals surface area contributed by atoms with Gasteiger partial charge < -0.3 is 18.9 Å². The van der Waals surface area contributed by atoms with Crippen molar-refractivity contribution in [2.24, 2.45) is 0 Å². The first-order valence-corrected chi connectivity index (χ1v) is 20.2. The van der Waals surface area contributed by atoms with Gasteiger partial charge >= 0.3 is 18.2 Å². The molecule has 0 aliphatic carbocycles. The summed E-state index contributed by atoms with van der Waals surface area (Å²) in [6.45, 7) is 10.6. The van der Waals surface area contributed by atoms with Gasteiger partial charge in [-0.1, -0.05) is 0 Å². The van der Waals surface area contributed by atoms with Crippen molar-refractivity contribution in [3.05, 3.63) is 58.5 Å². The second kappa shape index (κ2) is 15.4. The van der Waals surface area contributed by atoms with Crippen LogP contribution in [0.3, 0.4) is 0 Å². The number of halogens is 3. The van der Waals surface area contributed by atoms with E-state index >= 15 is 8.78 Å². The quantitative estimate of drug-likeness (QED) is 0.159. The van der Waals surface area contributed by atoms with Gasteiger partial charge in [-0.15, -0.1) is 11.3 Å². The smallest absolute Gasteiger partial charge is 0.416 e. The number of anilines is 2. The van der Waals surface area contributed by atoms with Crippen LogP contribution in [0.1, 0.15) is 83.2 Å². The Morgan fingerprint density at radius 3 is 2.60 bits per heavy atom. The van der Waals surface area contributed by atoms with Gasteiger partial charge in [-0.3, -0.25) is 20.1 Å². The largest absolute Gasteiger partial charge is 0.461 e. The summed E-state index contributed by atoms with van der Waals surface area (Å²) in [7, 11) is 0. The number of rotatable bonds is 8. The first-order chi connectivity index (χ1) is 28.4. The van der Waals surface area contributed by atoms with E-state index in [4.69, 9.17) is 23.9 Å². The molecule has 5 aromatic rings. The Labute approximate surface area is 346 Å². The van der Waals surface area contributed by atoms with Crippen LogP contribution in [-0.2, 0) is 34.0 Å². The molecule has 3 aliphatic heterocycles. The fourth-order valence-corrected chi connectivity index (χ4v) is 9.16. The van der Waals surface area contributed by atoms with Crippen molar-refractivity contribution < 1.29 is 41.7 Å². The number of carbonyl (C=O) groups excluding carboxylic acids is 2. The molecule has 15 nitrogen and oxygen atoms in total. The molecule has 8 rings (SSSR count). The van der Waals surface area contributed by atoms with Crippen LogP contribution in [0.15, 0.2) is 24.5 Å². The van der Waals surface area contributed by atoms with Gasteiger partial charge in [0.05, 0.1) is 58.5 Å². The molecule has 3 aliphatic rings. The fourth-order valence-electron chi connectivity index (χ4n) is 8.12. The van der Waals surface area contributed by atoms with Gasteiger partial charge in [0, 0.05) is 30.1 Å². The van der Waals surface area contributed by atoms with Crippen LogP contribution >= 0.6 is 11.3 Å². The summed E-state index contributed by atoms with van der Waals surface area (Å²) >= 11 is 0.775. The summed E-state index contributed by atoms with van der Waals surface area (Å²) < 4.78 is 71.7. The maximum Gasteiger partial charge on any atom is 0.416 e. The van der Waals surface area contributed by atoms with Crippen LogP contribution in [-0.4, -0.2) is 84.8 Å². The average Bonchev–Trinajstić information content (AvgIpc) is 3.95. The predicted molar refractivity (Wildman–Crippen MR) is 214 cm³/mol. The third kappa shape index (κ3) is 7.74. The molecule has 19 heteroatoms. The number of carbonyl (C=O) groups is 2. The van der Waals surface area contributed by atoms with E-state index in [-0.39, 0.29) is 94.0 Å². The molecule has 2 saturated heterocycles. The van der Waals surface area contributed by atoms with E-state index in [1.807, 2.05) is 6.07 Å². The summed E-state index contributed by atoms with van der Waals surface area (Å²) in [6, 6.07) is 5.04. The third-order valence-corrected chi connectivity index (χ3v) is 11.6. The number of benzene rings is 1. The number of nitrogens with one attached hydrogen (secondary N) is 1. The molecule has 0 radical (unpaired) electrons. The monoisotopic (exact) mass is 845 g/mol. The Balaban J connectivity index is 1.35. The Morgan fingerprint density at radius 2 is 1.88 bits per heavy atom. The molecule has 7 heterocycles. The Hall–Kier alpha value is -5.71. The number of pyridine rings is 1. The van der Waals surface area contributed by atoms with E-state index in [9.17, 15) is 19.2 Å². The molecule has 314 valence electrons. The molecule has 2 fully saturated rings. The second-order valence-electron chi connectivity index (χ2n) is 17.0. The lowest BCUT2D eigenvalue weighted by Gasteiger charge is -2.31. The number of aromatic nitrogens is 5. The van der Waals surface area contributed by atoms with Gasteiger partial charge in [0.1, 0.15) is 40.6 Å². The van der Waals surface area contributed by atoms with Crippen molar-refractivity contribution in [2.45, 2.75) is 103 Å². The lowest BCUT2D eigenvalue weighted by atomic mass is 9.93. The van der Waals surface area contributed by atoms with Gasteiger partial charge in [-0.25, -0.2) is 22.8 Å². The SMILES string of the molecule is CC(C)(C)OC(=O)Nc1sc2c(F)cnc(-c3c4c(c5c(N(Cc6cccnn6)C(=O)OC(C)(C)C)nc(OC[C@@]67CCCN6C[C@H](F)C7)nc5c3F)COC4)c2c1C#N. The molecule has 0 unspecified atom stereocenters. The maximum absolute atomic E-state index is 17.9. The van der Waals surface area contributed by atoms with Crippen molar-refractivity contribution in [1.29, 1.82) is 5.26 Å². The standard InChI is InChI=1S/C41H42F3N9O6S/c1-39(2,3)58-37(54)50-35-23(14-45)28-31(46-15-26(43)33(28)60-35)27-24-18-56-19-25(24)29-32(30(27)44)48-36(57-20-41-10-8-12-52(41)16-21(42)13-41)49-34(29)53(38(55)59-40(4,5)6)17-22-9-7-11-47-51-22/h7,9,11,15,21H,8,10,12-13,16-20H2,1-6H3,(H,50,54)/t21-,41+/m1/s1. The number of nitrogens with zero attached hydrogens (tertiary/aromatic N) is 8. The zero-order valence-corrected chi connectivity index (χ0v) is 34.6. The van der Waals surface area contributed by atoms with Crippen LogP contribution in [0.25, 0.3) is 32.2 Å². The molecule has 60 heavy (non-hydrogen) atoms. The van der Waals surface area contributed by atoms with E-state index in [1.54, 1.807) is 53.7 Å². The minimum atomic E-state index is -1.05. The molecule has 2 atom stereocenters. The number of nitriles is 1. The Bertz CT molecular complexity index is 2580. The molecule has 0 saturated carbocycles. The molecular weight excluding hydrogens is 804 g/mol. The molecule has 2 amide bonds. The number of fused-ring (bicyclic) bond motifs is 5. The van der Waals surface area contributed by atoms with Gasteiger partial charge in [0.15, 0.2) is 17.5 Å². The van der Waals surface area contributed by atoms with Crippen LogP contribution in [0.4, 0.5) is 33.6 Å². The lowest BCUT2D eigenvalue weighted by Crippen LogP contribution is -2.43. The highest BCUT2D eigenvalue weighted by Gasteiger charge is 2.49. The Kier molecular flexibility index (Phi) is 10.5. The van der Waals surface area contributed by atoms with Gasteiger partial charge in [-0.2, -0.15) is 25.4 Å². The second-order valence-corrected chi connectivity index (χ2v) is 18.1. The van der Waals surface area contributed by atoms with Gasteiger partial charge in [0.2, 0.25) is 0 Å². The number of alkyl halides is 1. The normalized spacial score (nSPS) is 19.0. The number of amides is 2. The number of thiophene rings is 1. The van der Waals surface area contributed by atoms with Crippen LogP contribution in [0.5, 0.6) is 6.01 Å². The Morgan fingerprint density at radius 1 is 1.12 bits per heavy atom. The molecule has 4 aromatic heterocycles. The zero-order chi connectivity index (χ0) is 42.7. The summed E-state index contributed by atoms with van der Waals surface area (Å²) in [4.78, 5) is 44.0. The van der Waals surface area contributed by atoms with Crippen LogP contribution < -0.4 is 15.0 Å². The van der Waals surface area contributed by atoms with Gasteiger partial charge in [-0.05, 0) is 84.2 Å².